The maximum absolute atomic E-state index is 12.8. The van der Waals surface area contributed by atoms with Crippen molar-refractivity contribution in [1.82, 2.24) is 4.98 Å². The van der Waals surface area contributed by atoms with Crippen LogP contribution in [0.2, 0.25) is 0 Å². The van der Waals surface area contributed by atoms with Crippen molar-refractivity contribution in [2.75, 3.05) is 6.54 Å². The molecule has 0 saturated heterocycles. The van der Waals surface area contributed by atoms with Gasteiger partial charge in [-0.2, -0.15) is 0 Å². The molecule has 0 fully saturated rings. The second kappa shape index (κ2) is 5.24. The molecule has 4 N–H and O–H groups in total. The van der Waals surface area contributed by atoms with E-state index in [4.69, 9.17) is 11.5 Å². The van der Waals surface area contributed by atoms with E-state index in [2.05, 4.69) is 9.72 Å². The van der Waals surface area contributed by atoms with Gasteiger partial charge in [-0.25, -0.2) is 13.2 Å². The molecule has 90 valence electrons. The third-order valence-corrected chi connectivity index (χ3v) is 1.92. The Morgan fingerprint density at radius 3 is 2.50 bits per heavy atom. The van der Waals surface area contributed by atoms with Crippen LogP contribution >= 0.6 is 0 Å². The molecule has 2 unspecified atom stereocenters. The van der Waals surface area contributed by atoms with Crippen LogP contribution in [0.4, 0.5) is 13.2 Å². The predicted octanol–water partition coefficient (Wildman–Crippen LogP) is 0.729. The molecule has 4 nitrogen and oxygen atoms in total. The van der Waals surface area contributed by atoms with Crippen LogP contribution in [0.25, 0.3) is 0 Å². The fraction of sp³-hybridized carbons (Fsp3) is 0.444. The fourth-order valence-corrected chi connectivity index (χ4v) is 1.08. The lowest BCUT2D eigenvalue weighted by Gasteiger charge is -2.28. The first-order chi connectivity index (χ1) is 7.49. The number of rotatable bonds is 5. The van der Waals surface area contributed by atoms with Gasteiger partial charge in [-0.05, 0) is 12.1 Å². The maximum atomic E-state index is 12.8. The van der Waals surface area contributed by atoms with Crippen molar-refractivity contribution < 1.29 is 17.9 Å². The summed E-state index contributed by atoms with van der Waals surface area (Å²) in [5.74, 6) is 0. The lowest BCUT2D eigenvalue weighted by Crippen LogP contribution is -2.49. The Labute approximate surface area is 90.4 Å². The highest BCUT2D eigenvalue weighted by molar-refractivity contribution is 5.12. The Morgan fingerprint density at radius 1 is 1.38 bits per heavy atom. The number of hydrogen-bond acceptors (Lipinski definition) is 4. The Bertz CT molecular complexity index is 325. The summed E-state index contributed by atoms with van der Waals surface area (Å²) in [6, 6.07) is 4.59. The number of nitrogens with zero attached hydrogens (tertiary/aromatic N) is 1. The lowest BCUT2D eigenvalue weighted by molar-refractivity contribution is -0.200. The molecule has 2 atom stereocenters. The van der Waals surface area contributed by atoms with Crippen molar-refractivity contribution >= 4 is 0 Å². The summed E-state index contributed by atoms with van der Waals surface area (Å²) in [6.07, 6.45) is -4.69. The first-order valence-corrected chi connectivity index (χ1v) is 4.50. The van der Waals surface area contributed by atoms with E-state index in [1.165, 1.54) is 12.3 Å². The number of nitrogens with two attached hydrogens (primary N) is 2. The third-order valence-electron chi connectivity index (χ3n) is 1.92. The van der Waals surface area contributed by atoms with Gasteiger partial charge in [0.2, 0.25) is 0 Å². The van der Waals surface area contributed by atoms with Gasteiger partial charge < -0.3 is 10.5 Å². The molecule has 0 aliphatic carbocycles. The number of alkyl halides is 3. The van der Waals surface area contributed by atoms with E-state index < -0.39 is 18.5 Å². The Kier molecular flexibility index (Phi) is 4.22. The molecule has 1 rings (SSSR count). The Balaban J connectivity index is 2.86. The number of pyridine rings is 1. The second-order valence-corrected chi connectivity index (χ2v) is 3.11. The molecule has 0 spiro atoms. The minimum atomic E-state index is -3.28. The predicted molar refractivity (Wildman–Crippen MR) is 51.1 cm³/mol. The maximum Gasteiger partial charge on any atom is 0.293 e. The third kappa shape index (κ3) is 2.91. The van der Waals surface area contributed by atoms with Gasteiger partial charge in [0.25, 0.3) is 12.8 Å². The van der Waals surface area contributed by atoms with Crippen LogP contribution in [0.15, 0.2) is 24.4 Å². The average Bonchev–Trinajstić information content (AvgIpc) is 2.29. The minimum Gasteiger partial charge on any atom is -0.326 e. The summed E-state index contributed by atoms with van der Waals surface area (Å²) in [5.41, 5.74) is 9.11. The van der Waals surface area contributed by atoms with Gasteiger partial charge in [-0.15, -0.1) is 0 Å². The van der Waals surface area contributed by atoms with Gasteiger partial charge in [0.1, 0.15) is 0 Å². The summed E-state index contributed by atoms with van der Waals surface area (Å²) < 4.78 is 41.2. The van der Waals surface area contributed by atoms with E-state index in [-0.39, 0.29) is 12.2 Å². The van der Waals surface area contributed by atoms with E-state index >= 15 is 0 Å². The SMILES string of the molecule is NCC(N)(OC(F)C(F)F)c1ccccn1. The van der Waals surface area contributed by atoms with Gasteiger partial charge in [0, 0.05) is 12.7 Å². The van der Waals surface area contributed by atoms with Crippen molar-refractivity contribution in [1.29, 1.82) is 0 Å². The van der Waals surface area contributed by atoms with Crippen molar-refractivity contribution in [3.8, 4) is 0 Å². The fourth-order valence-electron chi connectivity index (χ4n) is 1.08. The monoisotopic (exact) mass is 235 g/mol. The van der Waals surface area contributed by atoms with Gasteiger partial charge in [0.15, 0.2) is 5.72 Å². The quantitative estimate of drug-likeness (QED) is 0.738. The molecule has 1 aromatic heterocycles. The lowest BCUT2D eigenvalue weighted by atomic mass is 10.1. The van der Waals surface area contributed by atoms with E-state index in [9.17, 15) is 13.2 Å². The zero-order valence-corrected chi connectivity index (χ0v) is 8.32. The minimum absolute atomic E-state index is 0.0980. The van der Waals surface area contributed by atoms with E-state index in [0.717, 1.165) is 0 Å². The largest absolute Gasteiger partial charge is 0.326 e. The van der Waals surface area contributed by atoms with Crippen LogP contribution < -0.4 is 11.5 Å². The Morgan fingerprint density at radius 2 is 2.06 bits per heavy atom. The van der Waals surface area contributed by atoms with Crippen molar-refractivity contribution in [3.63, 3.8) is 0 Å². The van der Waals surface area contributed by atoms with Crippen molar-refractivity contribution in [3.05, 3.63) is 30.1 Å². The number of halogens is 3. The molecule has 0 radical (unpaired) electrons. The second-order valence-electron chi connectivity index (χ2n) is 3.11. The zero-order valence-electron chi connectivity index (χ0n) is 8.32. The van der Waals surface area contributed by atoms with Crippen molar-refractivity contribution in [2.45, 2.75) is 18.5 Å². The summed E-state index contributed by atoms with van der Waals surface area (Å²) in [7, 11) is 0. The molecule has 0 saturated carbocycles. The topological polar surface area (TPSA) is 74.2 Å². The summed E-state index contributed by atoms with van der Waals surface area (Å²) >= 11 is 0. The highest BCUT2D eigenvalue weighted by atomic mass is 19.3. The van der Waals surface area contributed by atoms with Gasteiger partial charge in [0.05, 0.1) is 5.69 Å². The molecule has 0 amide bonds. The average molecular weight is 235 g/mol. The van der Waals surface area contributed by atoms with Gasteiger partial charge in [-0.1, -0.05) is 6.07 Å². The van der Waals surface area contributed by atoms with Gasteiger partial charge in [-0.3, -0.25) is 10.7 Å². The van der Waals surface area contributed by atoms with Crippen LogP contribution in [0.3, 0.4) is 0 Å². The summed E-state index contributed by atoms with van der Waals surface area (Å²) in [5, 5.41) is 0. The summed E-state index contributed by atoms with van der Waals surface area (Å²) in [4.78, 5) is 3.79. The normalized spacial score (nSPS) is 17.1. The van der Waals surface area contributed by atoms with Crippen LogP contribution in [-0.4, -0.2) is 24.3 Å². The molecule has 0 aliphatic rings. The smallest absolute Gasteiger partial charge is 0.293 e. The molecule has 0 aromatic carbocycles. The van der Waals surface area contributed by atoms with Crippen LogP contribution in [0.5, 0.6) is 0 Å². The molecule has 16 heavy (non-hydrogen) atoms. The first-order valence-electron chi connectivity index (χ1n) is 4.50. The standard InChI is InChI=1S/C9H12F3N3O/c10-7(11)8(12)16-9(14,5-13)6-3-1-2-4-15-6/h1-4,7-8H,5,13-14H2. The molecule has 1 heterocycles. The molecule has 1 aromatic rings. The zero-order chi connectivity index (χ0) is 12.2. The molecule has 0 bridgehead atoms. The highest BCUT2D eigenvalue weighted by Gasteiger charge is 2.35. The number of ether oxygens (including phenoxy) is 1. The van der Waals surface area contributed by atoms with E-state index in [1.54, 1.807) is 12.1 Å². The molecular weight excluding hydrogens is 223 g/mol. The van der Waals surface area contributed by atoms with Gasteiger partial charge >= 0.3 is 0 Å². The highest BCUT2D eigenvalue weighted by Crippen LogP contribution is 2.21. The van der Waals surface area contributed by atoms with Crippen LogP contribution in [-0.2, 0) is 10.5 Å². The molecule has 0 aliphatic heterocycles. The van der Waals surface area contributed by atoms with Crippen LogP contribution in [0, 0.1) is 0 Å². The van der Waals surface area contributed by atoms with Crippen LogP contribution in [0.1, 0.15) is 5.69 Å². The number of aromatic nitrogens is 1. The first kappa shape index (κ1) is 12.9. The molecular formula is C9H12F3N3O. The number of hydrogen-bond donors (Lipinski definition) is 2. The van der Waals surface area contributed by atoms with Crippen molar-refractivity contribution in [2.24, 2.45) is 11.5 Å². The Hall–Kier alpha value is -1.18. The van der Waals surface area contributed by atoms with E-state index in [0.29, 0.717) is 0 Å². The summed E-state index contributed by atoms with van der Waals surface area (Å²) in [6.45, 7) is -0.364. The van der Waals surface area contributed by atoms with E-state index in [1.807, 2.05) is 0 Å². The molecule has 7 heteroatoms.